The van der Waals surface area contributed by atoms with Crippen molar-refractivity contribution >= 4 is 5.78 Å². The van der Waals surface area contributed by atoms with E-state index in [9.17, 15) is 18.7 Å². The van der Waals surface area contributed by atoms with E-state index < -0.39 is 11.6 Å². The van der Waals surface area contributed by atoms with E-state index in [0.717, 1.165) is 6.07 Å². The van der Waals surface area contributed by atoms with Crippen LogP contribution in [0.1, 0.15) is 33.8 Å². The molecule has 3 rings (SSSR count). The quantitative estimate of drug-likeness (QED) is 0.853. The first-order valence-corrected chi connectivity index (χ1v) is 5.86. The van der Waals surface area contributed by atoms with Crippen LogP contribution in [0.5, 0.6) is 5.75 Å². The molecule has 19 heavy (non-hydrogen) atoms. The van der Waals surface area contributed by atoms with Crippen molar-refractivity contribution < 1.29 is 18.7 Å². The van der Waals surface area contributed by atoms with Crippen molar-refractivity contribution in [3.05, 3.63) is 64.7 Å². The third-order valence-corrected chi connectivity index (χ3v) is 3.39. The number of phenolic OH excluding ortho intramolecular Hbond substituents is 1. The number of fused-ring (bicyclic) bond motifs is 1. The summed E-state index contributed by atoms with van der Waals surface area (Å²) < 4.78 is 26.5. The van der Waals surface area contributed by atoms with Crippen LogP contribution in [0.2, 0.25) is 0 Å². The second-order valence-corrected chi connectivity index (χ2v) is 4.65. The summed E-state index contributed by atoms with van der Waals surface area (Å²) in [5.41, 5.74) is 1.57. The fraction of sp³-hybridized carbons (Fsp3) is 0.133. The largest absolute Gasteiger partial charge is 0.508 e. The molecule has 0 saturated carbocycles. The van der Waals surface area contributed by atoms with E-state index in [1.807, 2.05) is 0 Å². The van der Waals surface area contributed by atoms with Crippen molar-refractivity contribution in [2.45, 2.75) is 12.3 Å². The molecule has 0 aliphatic heterocycles. The SMILES string of the molecule is O=C1CC(c2cc(F)cc(F)c2)c2ccc(O)cc21. The molecule has 4 heteroatoms. The molecule has 0 radical (unpaired) electrons. The van der Waals surface area contributed by atoms with Crippen molar-refractivity contribution in [3.8, 4) is 5.75 Å². The summed E-state index contributed by atoms with van der Waals surface area (Å²) in [5, 5.41) is 9.39. The number of aromatic hydroxyl groups is 1. The van der Waals surface area contributed by atoms with E-state index in [1.165, 1.54) is 24.3 Å². The van der Waals surface area contributed by atoms with Gasteiger partial charge in [-0.05, 0) is 35.4 Å². The molecule has 2 nitrogen and oxygen atoms in total. The summed E-state index contributed by atoms with van der Waals surface area (Å²) in [4.78, 5) is 11.9. The fourth-order valence-electron chi connectivity index (χ4n) is 2.57. The van der Waals surface area contributed by atoms with Gasteiger partial charge in [0, 0.05) is 24.0 Å². The van der Waals surface area contributed by atoms with Gasteiger partial charge in [-0.3, -0.25) is 4.79 Å². The molecule has 0 bridgehead atoms. The molecule has 0 amide bonds. The van der Waals surface area contributed by atoms with Crippen LogP contribution in [0, 0.1) is 11.6 Å². The van der Waals surface area contributed by atoms with Gasteiger partial charge in [-0.1, -0.05) is 6.07 Å². The van der Waals surface area contributed by atoms with Gasteiger partial charge in [-0.25, -0.2) is 8.78 Å². The molecule has 1 aliphatic rings. The van der Waals surface area contributed by atoms with Gasteiger partial charge in [0.2, 0.25) is 0 Å². The van der Waals surface area contributed by atoms with Gasteiger partial charge in [-0.2, -0.15) is 0 Å². The van der Waals surface area contributed by atoms with E-state index in [-0.39, 0.29) is 23.9 Å². The molecular weight excluding hydrogens is 250 g/mol. The lowest BCUT2D eigenvalue weighted by Gasteiger charge is -2.11. The number of rotatable bonds is 1. The summed E-state index contributed by atoms with van der Waals surface area (Å²) in [7, 11) is 0. The molecule has 0 heterocycles. The maximum absolute atomic E-state index is 13.3. The Morgan fingerprint density at radius 3 is 2.42 bits per heavy atom. The second kappa shape index (κ2) is 4.16. The van der Waals surface area contributed by atoms with Gasteiger partial charge in [0.05, 0.1) is 0 Å². The van der Waals surface area contributed by atoms with E-state index >= 15 is 0 Å². The standard InChI is InChI=1S/C15H10F2O2/c16-9-3-8(4-10(17)5-9)13-7-15(19)14-6-11(18)1-2-12(13)14/h1-6,13,18H,7H2. The number of benzene rings is 2. The minimum Gasteiger partial charge on any atom is -0.508 e. The molecular formula is C15H10F2O2. The third-order valence-electron chi connectivity index (χ3n) is 3.39. The Hall–Kier alpha value is -2.23. The number of phenols is 1. The highest BCUT2D eigenvalue weighted by Crippen LogP contribution is 2.39. The Bertz CT molecular complexity index is 660. The number of ketones is 1. The zero-order valence-electron chi connectivity index (χ0n) is 9.86. The van der Waals surface area contributed by atoms with Gasteiger partial charge in [0.25, 0.3) is 0 Å². The normalized spacial score (nSPS) is 17.6. The van der Waals surface area contributed by atoms with E-state index in [1.54, 1.807) is 6.07 Å². The van der Waals surface area contributed by atoms with Crippen molar-refractivity contribution in [2.24, 2.45) is 0 Å². The molecule has 1 atom stereocenters. The van der Waals surface area contributed by atoms with Gasteiger partial charge in [0.1, 0.15) is 17.4 Å². The second-order valence-electron chi connectivity index (χ2n) is 4.65. The molecule has 0 spiro atoms. The van der Waals surface area contributed by atoms with Crippen LogP contribution >= 0.6 is 0 Å². The van der Waals surface area contributed by atoms with Crippen molar-refractivity contribution in [1.82, 2.24) is 0 Å². The van der Waals surface area contributed by atoms with Crippen molar-refractivity contribution in [1.29, 1.82) is 0 Å². The number of Topliss-reactive ketones (excluding diaryl/α,β-unsaturated/α-hetero) is 1. The van der Waals surface area contributed by atoms with E-state index in [4.69, 9.17) is 0 Å². The molecule has 1 unspecified atom stereocenters. The molecule has 2 aromatic rings. The Balaban J connectivity index is 2.12. The zero-order chi connectivity index (χ0) is 13.6. The topological polar surface area (TPSA) is 37.3 Å². The monoisotopic (exact) mass is 260 g/mol. The Labute approximate surface area is 108 Å². The van der Waals surface area contributed by atoms with Crippen LogP contribution in [-0.2, 0) is 0 Å². The fourth-order valence-corrected chi connectivity index (χ4v) is 2.57. The highest BCUT2D eigenvalue weighted by molar-refractivity contribution is 6.02. The lowest BCUT2D eigenvalue weighted by molar-refractivity contribution is 0.0991. The van der Waals surface area contributed by atoms with E-state index in [0.29, 0.717) is 16.7 Å². The Kier molecular flexibility index (Phi) is 2.59. The lowest BCUT2D eigenvalue weighted by atomic mass is 9.93. The van der Waals surface area contributed by atoms with Crippen molar-refractivity contribution in [2.75, 3.05) is 0 Å². The number of carbonyl (C=O) groups excluding carboxylic acids is 1. The zero-order valence-corrected chi connectivity index (χ0v) is 9.86. The van der Waals surface area contributed by atoms with Crippen LogP contribution < -0.4 is 0 Å². The molecule has 0 saturated heterocycles. The first kappa shape index (κ1) is 11.8. The summed E-state index contributed by atoms with van der Waals surface area (Å²) in [6.07, 6.45) is 0.168. The summed E-state index contributed by atoms with van der Waals surface area (Å²) in [6, 6.07) is 7.78. The lowest BCUT2D eigenvalue weighted by Crippen LogP contribution is -1.98. The van der Waals surface area contributed by atoms with Gasteiger partial charge >= 0.3 is 0 Å². The predicted octanol–water partition coefficient (Wildman–Crippen LogP) is 3.39. The predicted molar refractivity (Wildman–Crippen MR) is 65.3 cm³/mol. The average molecular weight is 260 g/mol. The number of hydrogen-bond acceptors (Lipinski definition) is 2. The summed E-state index contributed by atoms with van der Waals surface area (Å²) >= 11 is 0. The van der Waals surface area contributed by atoms with Crippen LogP contribution in [0.15, 0.2) is 36.4 Å². The molecule has 2 aromatic carbocycles. The first-order chi connectivity index (χ1) is 9.04. The van der Waals surface area contributed by atoms with Crippen LogP contribution in [0.3, 0.4) is 0 Å². The Morgan fingerprint density at radius 2 is 1.74 bits per heavy atom. The van der Waals surface area contributed by atoms with Crippen molar-refractivity contribution in [3.63, 3.8) is 0 Å². The number of carbonyl (C=O) groups is 1. The van der Waals surface area contributed by atoms with Gasteiger partial charge in [0.15, 0.2) is 5.78 Å². The van der Waals surface area contributed by atoms with Gasteiger partial charge in [-0.15, -0.1) is 0 Å². The smallest absolute Gasteiger partial charge is 0.164 e. The summed E-state index contributed by atoms with van der Waals surface area (Å²) in [6.45, 7) is 0. The number of hydrogen-bond donors (Lipinski definition) is 1. The minimum atomic E-state index is -0.658. The maximum atomic E-state index is 13.3. The highest BCUT2D eigenvalue weighted by Gasteiger charge is 2.31. The van der Waals surface area contributed by atoms with Crippen LogP contribution in [0.4, 0.5) is 8.78 Å². The number of halogens is 2. The van der Waals surface area contributed by atoms with Crippen LogP contribution in [-0.4, -0.2) is 10.9 Å². The molecule has 1 N–H and O–H groups in total. The first-order valence-electron chi connectivity index (χ1n) is 5.86. The van der Waals surface area contributed by atoms with Gasteiger partial charge < -0.3 is 5.11 Å². The van der Waals surface area contributed by atoms with E-state index in [2.05, 4.69) is 0 Å². The molecule has 0 aromatic heterocycles. The summed E-state index contributed by atoms with van der Waals surface area (Å²) in [5.74, 6) is -1.78. The highest BCUT2D eigenvalue weighted by atomic mass is 19.1. The Morgan fingerprint density at radius 1 is 1.05 bits per heavy atom. The minimum absolute atomic E-state index is 0.0122. The molecule has 96 valence electrons. The average Bonchev–Trinajstić information content (AvgIpc) is 2.65. The van der Waals surface area contributed by atoms with Crippen LogP contribution in [0.25, 0.3) is 0 Å². The molecule has 0 fully saturated rings. The third kappa shape index (κ3) is 1.99. The maximum Gasteiger partial charge on any atom is 0.164 e. The molecule has 1 aliphatic carbocycles.